The Kier molecular flexibility index (Phi) is 10.6. The number of amides is 2. The lowest BCUT2D eigenvalue weighted by Crippen LogP contribution is -2.51. The third-order valence-corrected chi connectivity index (χ3v) is 7.07. The maximum absolute atomic E-state index is 13.8. The van der Waals surface area contributed by atoms with Gasteiger partial charge >= 0.3 is 0 Å². The van der Waals surface area contributed by atoms with E-state index in [1.807, 2.05) is 54.6 Å². The summed E-state index contributed by atoms with van der Waals surface area (Å²) >= 11 is 6.51. The predicted octanol–water partition coefficient (Wildman–Crippen LogP) is 6.98. The molecule has 3 aromatic carbocycles. The van der Waals surface area contributed by atoms with E-state index in [2.05, 4.69) is 64.2 Å². The van der Waals surface area contributed by atoms with Gasteiger partial charge in [-0.25, -0.2) is 0 Å². The molecule has 1 unspecified atom stereocenters. The van der Waals surface area contributed by atoms with Crippen LogP contribution >= 0.6 is 11.6 Å². The van der Waals surface area contributed by atoms with E-state index in [0.717, 1.165) is 16.7 Å². The minimum absolute atomic E-state index is 0.0644. The molecule has 3 rings (SSSR count). The Morgan fingerprint density at radius 3 is 2.11 bits per heavy atom. The third-order valence-electron chi connectivity index (χ3n) is 6.70. The number of nitrogens with one attached hydrogen (secondary N) is 1. The maximum Gasteiger partial charge on any atom is 0.243 e. The highest BCUT2D eigenvalue weighted by Crippen LogP contribution is 2.24. The normalized spacial score (nSPS) is 12.3. The van der Waals surface area contributed by atoms with Gasteiger partial charge < -0.3 is 10.2 Å². The lowest BCUT2D eigenvalue weighted by Gasteiger charge is -2.32. The highest BCUT2D eigenvalue weighted by atomic mass is 35.5. The summed E-state index contributed by atoms with van der Waals surface area (Å²) in [6.45, 7) is 11.5. The van der Waals surface area contributed by atoms with Gasteiger partial charge in [-0.05, 0) is 46.1 Å². The summed E-state index contributed by atoms with van der Waals surface area (Å²) in [7, 11) is 0. The lowest BCUT2D eigenvalue weighted by molar-refractivity contribution is -0.141. The fourth-order valence-electron chi connectivity index (χ4n) is 4.35. The van der Waals surface area contributed by atoms with E-state index in [4.69, 9.17) is 11.6 Å². The van der Waals surface area contributed by atoms with Crippen LogP contribution in [0, 0.1) is 5.92 Å². The van der Waals surface area contributed by atoms with Crippen molar-refractivity contribution in [1.29, 1.82) is 0 Å². The molecule has 0 aliphatic rings. The van der Waals surface area contributed by atoms with Crippen molar-refractivity contribution < 1.29 is 9.59 Å². The molecule has 0 aromatic heterocycles. The zero-order valence-electron chi connectivity index (χ0n) is 23.3. The highest BCUT2D eigenvalue weighted by Gasteiger charge is 2.30. The fraction of sp³-hybridized carbons (Fsp3) is 0.394. The van der Waals surface area contributed by atoms with E-state index in [9.17, 15) is 9.59 Å². The lowest BCUT2D eigenvalue weighted by atomic mass is 9.86. The number of benzene rings is 3. The van der Waals surface area contributed by atoms with Gasteiger partial charge in [-0.3, -0.25) is 9.59 Å². The first-order valence-corrected chi connectivity index (χ1v) is 13.9. The van der Waals surface area contributed by atoms with Crippen molar-refractivity contribution >= 4 is 23.4 Å². The number of hydrogen-bond donors (Lipinski definition) is 1. The molecule has 1 N–H and O–H groups in total. The van der Waals surface area contributed by atoms with Crippen molar-refractivity contribution in [3.8, 4) is 0 Å². The summed E-state index contributed by atoms with van der Waals surface area (Å²) < 4.78 is 0. The van der Waals surface area contributed by atoms with Crippen molar-refractivity contribution in [2.24, 2.45) is 5.92 Å². The molecule has 0 spiro atoms. The number of nitrogens with zero attached hydrogens (tertiary/aromatic N) is 1. The van der Waals surface area contributed by atoms with Crippen LogP contribution in [0.1, 0.15) is 63.3 Å². The molecule has 5 heteroatoms. The molecule has 0 aliphatic heterocycles. The van der Waals surface area contributed by atoms with Crippen molar-refractivity contribution in [1.82, 2.24) is 10.2 Å². The number of halogens is 1. The van der Waals surface area contributed by atoms with E-state index in [-0.39, 0.29) is 23.8 Å². The molecule has 1 atom stereocenters. The largest absolute Gasteiger partial charge is 0.354 e. The van der Waals surface area contributed by atoms with Gasteiger partial charge in [0, 0.05) is 31.0 Å². The second kappa shape index (κ2) is 13.6. The van der Waals surface area contributed by atoms with Gasteiger partial charge in [0.25, 0.3) is 0 Å². The Bertz CT molecular complexity index is 1180. The van der Waals surface area contributed by atoms with Gasteiger partial charge in [-0.15, -0.1) is 0 Å². The fourth-order valence-corrected chi connectivity index (χ4v) is 4.55. The van der Waals surface area contributed by atoms with Crippen molar-refractivity contribution in [2.45, 2.75) is 71.9 Å². The zero-order valence-corrected chi connectivity index (χ0v) is 24.1. The Hall–Kier alpha value is -3.11. The smallest absolute Gasteiger partial charge is 0.243 e. The van der Waals surface area contributed by atoms with Crippen LogP contribution in [-0.4, -0.2) is 29.3 Å². The molecule has 2 amide bonds. The van der Waals surface area contributed by atoms with Crippen LogP contribution in [-0.2, 0) is 34.4 Å². The van der Waals surface area contributed by atoms with Gasteiger partial charge in [-0.2, -0.15) is 0 Å². The molecule has 202 valence electrons. The van der Waals surface area contributed by atoms with E-state index in [1.54, 1.807) is 4.90 Å². The number of carbonyl (C=O) groups excluding carboxylic acids is 2. The molecule has 0 bridgehead atoms. The summed E-state index contributed by atoms with van der Waals surface area (Å²) in [4.78, 5) is 29.1. The summed E-state index contributed by atoms with van der Waals surface area (Å²) in [5.74, 6) is 0.100. The SMILES string of the molecule is CC(C)CNC(=O)C(Cc1ccccc1)N(Cc1ccccc1Cl)C(=O)CCc1ccc(C(C)(C)C)cc1. The summed E-state index contributed by atoms with van der Waals surface area (Å²) in [6.07, 6.45) is 1.34. The van der Waals surface area contributed by atoms with E-state index in [1.165, 1.54) is 5.56 Å². The quantitative estimate of drug-likeness (QED) is 0.289. The minimum atomic E-state index is -0.650. The first-order chi connectivity index (χ1) is 18.0. The maximum atomic E-state index is 13.8. The molecule has 0 fully saturated rings. The topological polar surface area (TPSA) is 49.4 Å². The molecular formula is C33H41ClN2O2. The monoisotopic (exact) mass is 532 g/mol. The number of rotatable bonds is 11. The van der Waals surface area contributed by atoms with Crippen LogP contribution < -0.4 is 5.32 Å². The molecule has 0 heterocycles. The van der Waals surface area contributed by atoms with Gasteiger partial charge in [0.2, 0.25) is 11.8 Å². The van der Waals surface area contributed by atoms with E-state index in [0.29, 0.717) is 36.7 Å². The van der Waals surface area contributed by atoms with Gasteiger partial charge in [0.15, 0.2) is 0 Å². The molecule has 0 aliphatic carbocycles. The van der Waals surface area contributed by atoms with Crippen LogP contribution in [0.4, 0.5) is 0 Å². The molecule has 38 heavy (non-hydrogen) atoms. The van der Waals surface area contributed by atoms with Crippen molar-refractivity contribution in [3.63, 3.8) is 0 Å². The Labute approximate surface area is 233 Å². The van der Waals surface area contributed by atoms with Gasteiger partial charge in [-0.1, -0.05) is 119 Å². The molecule has 0 radical (unpaired) electrons. The Balaban J connectivity index is 1.88. The molecule has 3 aromatic rings. The Morgan fingerprint density at radius 2 is 1.50 bits per heavy atom. The molecule has 0 saturated carbocycles. The van der Waals surface area contributed by atoms with Gasteiger partial charge in [0.05, 0.1) is 0 Å². The minimum Gasteiger partial charge on any atom is -0.354 e. The zero-order chi connectivity index (χ0) is 27.7. The van der Waals surface area contributed by atoms with Crippen LogP contribution in [0.25, 0.3) is 0 Å². The molecule has 0 saturated heterocycles. The average molecular weight is 533 g/mol. The number of aryl methyl sites for hydroxylation is 1. The van der Waals surface area contributed by atoms with Crippen LogP contribution in [0.3, 0.4) is 0 Å². The van der Waals surface area contributed by atoms with Crippen LogP contribution in [0.5, 0.6) is 0 Å². The molecular weight excluding hydrogens is 492 g/mol. The molecule has 4 nitrogen and oxygen atoms in total. The Morgan fingerprint density at radius 1 is 0.868 bits per heavy atom. The second-order valence-corrected chi connectivity index (χ2v) is 11.8. The summed E-state index contributed by atoms with van der Waals surface area (Å²) in [5, 5.41) is 3.65. The number of hydrogen-bond acceptors (Lipinski definition) is 2. The van der Waals surface area contributed by atoms with Crippen molar-refractivity contribution in [2.75, 3.05) is 6.54 Å². The van der Waals surface area contributed by atoms with Crippen LogP contribution in [0.2, 0.25) is 5.02 Å². The van der Waals surface area contributed by atoms with Crippen LogP contribution in [0.15, 0.2) is 78.9 Å². The first kappa shape index (κ1) is 29.4. The van der Waals surface area contributed by atoms with Gasteiger partial charge in [0.1, 0.15) is 6.04 Å². The third kappa shape index (κ3) is 8.73. The highest BCUT2D eigenvalue weighted by molar-refractivity contribution is 6.31. The summed E-state index contributed by atoms with van der Waals surface area (Å²) in [5.41, 5.74) is 4.28. The van der Waals surface area contributed by atoms with E-state index < -0.39 is 6.04 Å². The second-order valence-electron chi connectivity index (χ2n) is 11.4. The summed E-state index contributed by atoms with van der Waals surface area (Å²) in [6, 6.07) is 25.2. The predicted molar refractivity (Wildman–Crippen MR) is 157 cm³/mol. The van der Waals surface area contributed by atoms with E-state index >= 15 is 0 Å². The average Bonchev–Trinajstić information content (AvgIpc) is 2.89. The standard InChI is InChI=1S/C33H41ClN2O2/c1-24(2)22-35-32(38)30(21-26-11-7-6-8-12-26)36(23-27-13-9-10-14-29(27)34)31(37)20-17-25-15-18-28(19-16-25)33(3,4)5/h6-16,18-19,24,30H,17,20-23H2,1-5H3,(H,35,38). The van der Waals surface area contributed by atoms with Crippen molar-refractivity contribution in [3.05, 3.63) is 106 Å². The first-order valence-electron chi connectivity index (χ1n) is 13.5. The number of carbonyl (C=O) groups is 2.